The van der Waals surface area contributed by atoms with Gasteiger partial charge in [0.2, 0.25) is 0 Å². The van der Waals surface area contributed by atoms with E-state index in [1.54, 1.807) is 0 Å². The first-order valence-electron chi connectivity index (χ1n) is 20.3. The standard InChI is InChI=1S/C57H36N2/c1-2-18-38(19-3-1)53-42-22-6-8-24-44(42)54(45-25-9-7-23-43(45)53)39-33-35-40(36-34-39)55-46-26-10-12-28-48(46)56(49-29-13-11-27-47(49)55)57-58-50-30-14-15-31-52(50)59(57)51-32-16-20-37-17-4-5-21-41(37)51/h1-36H. The van der Waals surface area contributed by atoms with Crippen molar-refractivity contribution < 1.29 is 0 Å². The van der Waals surface area contributed by atoms with E-state index in [1.165, 1.54) is 87.2 Å². The molecular weight excluding hydrogens is 713 g/mol. The van der Waals surface area contributed by atoms with Crippen LogP contribution in [0.4, 0.5) is 0 Å². The Morgan fingerprint density at radius 3 is 1.15 bits per heavy atom. The lowest BCUT2D eigenvalue weighted by atomic mass is 9.85. The van der Waals surface area contributed by atoms with Crippen LogP contribution in [0.5, 0.6) is 0 Å². The molecule has 0 aliphatic rings. The largest absolute Gasteiger partial charge is 0.292 e. The normalized spacial score (nSPS) is 11.7. The number of nitrogens with zero attached hydrogens (tertiary/aromatic N) is 2. The molecule has 0 aliphatic heterocycles. The summed E-state index contributed by atoms with van der Waals surface area (Å²) in [5.41, 5.74) is 11.7. The molecule has 0 radical (unpaired) electrons. The molecule has 0 unspecified atom stereocenters. The second kappa shape index (κ2) is 13.4. The molecule has 0 saturated carbocycles. The third-order valence-corrected chi connectivity index (χ3v) is 12.2. The summed E-state index contributed by atoms with van der Waals surface area (Å²) in [6.45, 7) is 0. The van der Waals surface area contributed by atoms with E-state index < -0.39 is 0 Å². The third kappa shape index (κ3) is 5.17. The van der Waals surface area contributed by atoms with E-state index in [2.05, 4.69) is 223 Å². The molecule has 274 valence electrons. The topological polar surface area (TPSA) is 17.8 Å². The van der Waals surface area contributed by atoms with Gasteiger partial charge in [0.1, 0.15) is 5.82 Å². The summed E-state index contributed by atoms with van der Waals surface area (Å²) in [4.78, 5) is 5.45. The van der Waals surface area contributed by atoms with Crippen LogP contribution in [-0.4, -0.2) is 9.55 Å². The lowest BCUT2D eigenvalue weighted by Gasteiger charge is -2.20. The van der Waals surface area contributed by atoms with E-state index in [0.717, 1.165) is 28.1 Å². The van der Waals surface area contributed by atoms with Gasteiger partial charge in [0.05, 0.1) is 16.7 Å². The minimum absolute atomic E-state index is 0.939. The van der Waals surface area contributed by atoms with Gasteiger partial charge in [-0.3, -0.25) is 4.57 Å². The van der Waals surface area contributed by atoms with E-state index in [4.69, 9.17) is 4.98 Å². The van der Waals surface area contributed by atoms with Crippen LogP contribution < -0.4 is 0 Å². The van der Waals surface area contributed by atoms with Gasteiger partial charge in [0, 0.05) is 10.9 Å². The summed E-state index contributed by atoms with van der Waals surface area (Å²) >= 11 is 0. The minimum atomic E-state index is 0.939. The van der Waals surface area contributed by atoms with Crippen LogP contribution >= 0.6 is 0 Å². The van der Waals surface area contributed by atoms with E-state index >= 15 is 0 Å². The number of fused-ring (bicyclic) bond motifs is 6. The monoisotopic (exact) mass is 748 g/mol. The second-order valence-electron chi connectivity index (χ2n) is 15.4. The summed E-state index contributed by atoms with van der Waals surface area (Å²) in [6.07, 6.45) is 0. The van der Waals surface area contributed by atoms with Gasteiger partial charge >= 0.3 is 0 Å². The molecule has 0 bridgehead atoms. The van der Waals surface area contributed by atoms with Gasteiger partial charge in [-0.05, 0) is 100 Å². The highest BCUT2D eigenvalue weighted by Gasteiger charge is 2.23. The number of hydrogen-bond acceptors (Lipinski definition) is 1. The summed E-state index contributed by atoms with van der Waals surface area (Å²) in [7, 11) is 0. The smallest absolute Gasteiger partial charge is 0.147 e. The Morgan fingerprint density at radius 2 is 0.644 bits per heavy atom. The second-order valence-corrected chi connectivity index (χ2v) is 15.4. The highest BCUT2D eigenvalue weighted by Crippen LogP contribution is 2.47. The minimum Gasteiger partial charge on any atom is -0.292 e. The van der Waals surface area contributed by atoms with Crippen molar-refractivity contribution in [2.45, 2.75) is 0 Å². The summed E-state index contributed by atoms with van der Waals surface area (Å²) < 4.78 is 2.37. The molecule has 0 saturated heterocycles. The fourth-order valence-electron chi connectivity index (χ4n) is 9.68. The molecule has 12 rings (SSSR count). The van der Waals surface area contributed by atoms with Crippen molar-refractivity contribution in [2.24, 2.45) is 0 Å². The average molecular weight is 749 g/mol. The van der Waals surface area contributed by atoms with E-state index in [9.17, 15) is 0 Å². The van der Waals surface area contributed by atoms with Crippen molar-refractivity contribution in [3.05, 3.63) is 218 Å². The molecule has 12 aromatic rings. The van der Waals surface area contributed by atoms with Crippen LogP contribution in [0.25, 0.3) is 115 Å². The van der Waals surface area contributed by atoms with Crippen LogP contribution in [-0.2, 0) is 0 Å². The lowest BCUT2D eigenvalue weighted by molar-refractivity contribution is 1.12. The zero-order chi connectivity index (χ0) is 38.9. The molecule has 0 fully saturated rings. The summed E-state index contributed by atoms with van der Waals surface area (Å²) in [6, 6.07) is 79.3. The Bertz CT molecular complexity index is 3480. The third-order valence-electron chi connectivity index (χ3n) is 12.2. The molecule has 1 heterocycles. The summed E-state index contributed by atoms with van der Waals surface area (Å²) in [5, 5.41) is 12.2. The van der Waals surface area contributed by atoms with Crippen molar-refractivity contribution in [2.75, 3.05) is 0 Å². The number of aromatic nitrogens is 2. The maximum atomic E-state index is 5.45. The first-order valence-corrected chi connectivity index (χ1v) is 20.3. The Labute approximate surface area is 341 Å². The molecular formula is C57H36N2. The van der Waals surface area contributed by atoms with Crippen LogP contribution in [0.3, 0.4) is 0 Å². The molecule has 0 spiro atoms. The van der Waals surface area contributed by atoms with Crippen molar-refractivity contribution in [1.82, 2.24) is 9.55 Å². The van der Waals surface area contributed by atoms with Crippen molar-refractivity contribution in [3.63, 3.8) is 0 Å². The molecule has 11 aromatic carbocycles. The highest BCUT2D eigenvalue weighted by molar-refractivity contribution is 6.23. The zero-order valence-electron chi connectivity index (χ0n) is 32.2. The number of benzene rings is 11. The van der Waals surface area contributed by atoms with Gasteiger partial charge in [-0.2, -0.15) is 0 Å². The van der Waals surface area contributed by atoms with Gasteiger partial charge in [-0.25, -0.2) is 4.98 Å². The van der Waals surface area contributed by atoms with Gasteiger partial charge in [0.25, 0.3) is 0 Å². The van der Waals surface area contributed by atoms with Gasteiger partial charge in [-0.15, -0.1) is 0 Å². The van der Waals surface area contributed by atoms with Gasteiger partial charge in [-0.1, -0.05) is 200 Å². The van der Waals surface area contributed by atoms with E-state index in [0.29, 0.717) is 0 Å². The van der Waals surface area contributed by atoms with Crippen molar-refractivity contribution in [1.29, 1.82) is 0 Å². The Kier molecular flexibility index (Phi) is 7.57. The molecule has 0 N–H and O–H groups in total. The van der Waals surface area contributed by atoms with Crippen LogP contribution in [0.1, 0.15) is 0 Å². The van der Waals surface area contributed by atoms with Crippen molar-refractivity contribution >= 4 is 64.9 Å². The Morgan fingerprint density at radius 1 is 0.271 bits per heavy atom. The van der Waals surface area contributed by atoms with Gasteiger partial charge in [0.15, 0.2) is 0 Å². The number of hydrogen-bond donors (Lipinski definition) is 0. The predicted octanol–water partition coefficient (Wildman–Crippen LogP) is 15.5. The number of para-hydroxylation sites is 2. The molecule has 2 heteroatoms. The van der Waals surface area contributed by atoms with Crippen LogP contribution in [0, 0.1) is 0 Å². The molecule has 0 atom stereocenters. The van der Waals surface area contributed by atoms with Crippen LogP contribution in [0.2, 0.25) is 0 Å². The molecule has 0 aliphatic carbocycles. The predicted molar refractivity (Wildman–Crippen MR) is 250 cm³/mol. The fraction of sp³-hybridized carbons (Fsp3) is 0. The quantitative estimate of drug-likeness (QED) is 0.160. The maximum Gasteiger partial charge on any atom is 0.147 e. The first kappa shape index (κ1) is 33.3. The zero-order valence-corrected chi connectivity index (χ0v) is 32.2. The number of imidazole rings is 1. The molecule has 2 nitrogen and oxygen atoms in total. The SMILES string of the molecule is c1ccc(-c2c3ccccc3c(-c3ccc(-c4c5ccccc5c(-c5nc6ccccc6n5-c5cccc6ccccc56)c5ccccc45)cc3)c3ccccc23)cc1. The molecule has 59 heavy (non-hydrogen) atoms. The van der Waals surface area contributed by atoms with Gasteiger partial charge < -0.3 is 0 Å². The summed E-state index contributed by atoms with van der Waals surface area (Å²) in [5.74, 6) is 0.939. The van der Waals surface area contributed by atoms with E-state index in [-0.39, 0.29) is 0 Å². The maximum absolute atomic E-state index is 5.45. The van der Waals surface area contributed by atoms with Crippen molar-refractivity contribution in [3.8, 4) is 50.5 Å². The van der Waals surface area contributed by atoms with Crippen LogP contribution in [0.15, 0.2) is 218 Å². The average Bonchev–Trinajstić information content (AvgIpc) is 3.69. The Balaban J connectivity index is 1.09. The fourth-order valence-corrected chi connectivity index (χ4v) is 9.68. The number of rotatable bonds is 5. The first-order chi connectivity index (χ1) is 29.3. The van der Waals surface area contributed by atoms with E-state index in [1.807, 2.05) is 0 Å². The lowest BCUT2D eigenvalue weighted by Crippen LogP contribution is -2.00. The highest BCUT2D eigenvalue weighted by atomic mass is 15.1. The Hall–Kier alpha value is -7.81. The molecule has 0 amide bonds. The molecule has 1 aromatic heterocycles.